The van der Waals surface area contributed by atoms with E-state index in [4.69, 9.17) is 14.5 Å². The van der Waals surface area contributed by atoms with Crippen molar-refractivity contribution in [3.8, 4) is 11.1 Å². The number of nitrogens with zero attached hydrogens (tertiary/aromatic N) is 7. The molecule has 1 atom stereocenters. The Morgan fingerprint density at radius 1 is 0.868 bits per heavy atom. The molecule has 1 unspecified atom stereocenters. The van der Waals surface area contributed by atoms with Gasteiger partial charge in [-0.3, -0.25) is 24.0 Å². The van der Waals surface area contributed by atoms with Crippen molar-refractivity contribution in [3.05, 3.63) is 70.9 Å². The number of fused-ring (bicyclic) bond motifs is 2. The van der Waals surface area contributed by atoms with Crippen LogP contribution in [0.5, 0.6) is 0 Å². The number of nitrogens with one attached hydrogen (secondary N) is 3. The van der Waals surface area contributed by atoms with Gasteiger partial charge < -0.3 is 29.6 Å². The summed E-state index contributed by atoms with van der Waals surface area (Å²) in [5.41, 5.74) is 4.97. The van der Waals surface area contributed by atoms with Crippen molar-refractivity contribution in [2.45, 2.75) is 107 Å². The molecule has 68 heavy (non-hydrogen) atoms. The van der Waals surface area contributed by atoms with Gasteiger partial charge in [0, 0.05) is 109 Å². The van der Waals surface area contributed by atoms with Crippen LogP contribution in [0.1, 0.15) is 102 Å². The Kier molecular flexibility index (Phi) is 16.3. The number of aromatic nitrogens is 5. The van der Waals surface area contributed by atoms with Gasteiger partial charge in [-0.25, -0.2) is 23.0 Å². The average molecular weight is 955 g/mol. The standard InChI is InChI=1S/C49H66N10O8S/c1-3-4-23-50-47-52-33-39-40(34-58(45(39)54-47)37-14-6-5-7-15-37)35-17-19-38(20-18-35)68(64,65)57-27-25-56(26-28-57)48(62)51-24-10-30-67-32-11-31-66-29-9-13-36-12-8-16-41-44(36)55(2)49(63)59(41)42-21-22-43(60)53-46(42)61/h8,12,16-20,33-34,37,42H,3-7,9-11,13-15,21-32H2,1-2H3,(H,51,62)(H,50,52,54)(H,53,60,61). The number of imidazole rings is 1. The average Bonchev–Trinajstić information content (AvgIpc) is 3.86. The van der Waals surface area contributed by atoms with Gasteiger partial charge in [-0.2, -0.15) is 9.29 Å². The fraction of sp³-hybridized carbons (Fsp3) is 0.551. The fourth-order valence-corrected chi connectivity index (χ4v) is 11.1. The van der Waals surface area contributed by atoms with Gasteiger partial charge in [0.2, 0.25) is 27.8 Å². The molecule has 5 heterocycles. The van der Waals surface area contributed by atoms with E-state index in [0.29, 0.717) is 82.8 Å². The second-order valence-electron chi connectivity index (χ2n) is 18.1. The molecule has 0 spiro atoms. The Bertz CT molecular complexity index is 2720. The quantitative estimate of drug-likeness (QED) is 0.0583. The molecule has 2 aromatic carbocycles. The smallest absolute Gasteiger partial charge is 0.329 e. The largest absolute Gasteiger partial charge is 0.381 e. The lowest BCUT2D eigenvalue weighted by molar-refractivity contribution is -0.135. The zero-order valence-corrected chi connectivity index (χ0v) is 40.2. The number of urea groups is 1. The second-order valence-corrected chi connectivity index (χ2v) is 20.0. The summed E-state index contributed by atoms with van der Waals surface area (Å²) < 4.78 is 46.0. The highest BCUT2D eigenvalue weighted by Gasteiger charge is 2.33. The molecular formula is C49H66N10O8S. The number of hydrogen-bond donors (Lipinski definition) is 3. The van der Waals surface area contributed by atoms with Gasteiger partial charge in [0.1, 0.15) is 11.7 Å². The number of ether oxygens (including phenoxy) is 2. The Labute approximate surface area is 397 Å². The third kappa shape index (κ3) is 11.1. The topological polar surface area (TPSA) is 204 Å². The van der Waals surface area contributed by atoms with Crippen molar-refractivity contribution in [3.63, 3.8) is 0 Å². The summed E-state index contributed by atoms with van der Waals surface area (Å²) in [5.74, 6) is -0.139. The maximum absolute atomic E-state index is 13.8. The number of amides is 4. The number of carbonyl (C=O) groups is 3. The molecule has 0 bridgehead atoms. The summed E-state index contributed by atoms with van der Waals surface area (Å²) in [5, 5.41) is 9.60. The SMILES string of the molecule is CCCCNc1ncc2c(-c3ccc(S(=O)(=O)N4CCN(C(=O)NCCCOCCCOCCCc5cccc6c5n(C)c(=O)n6C5CCC(=O)NC5=O)CC4)cc3)cn(C3CCCCC3)c2n1. The number of benzene rings is 2. The second kappa shape index (κ2) is 22.7. The fourth-order valence-electron chi connectivity index (χ4n) is 9.71. The number of rotatable bonds is 21. The third-order valence-corrected chi connectivity index (χ3v) is 15.4. The van der Waals surface area contributed by atoms with E-state index in [2.05, 4.69) is 38.6 Å². The predicted octanol–water partition coefficient (Wildman–Crippen LogP) is 5.91. The van der Waals surface area contributed by atoms with Gasteiger partial charge in [0.05, 0.1) is 15.9 Å². The molecule has 3 aliphatic rings. The number of aryl methyl sites for hydroxylation is 2. The molecule has 19 heteroatoms. The van der Waals surface area contributed by atoms with Crippen LogP contribution in [0.25, 0.3) is 33.2 Å². The number of carbonyl (C=O) groups excluding carboxylic acids is 3. The van der Waals surface area contributed by atoms with Crippen LogP contribution in [-0.4, -0.2) is 125 Å². The zero-order chi connectivity index (χ0) is 47.6. The molecule has 5 aromatic rings. The Morgan fingerprint density at radius 2 is 1.60 bits per heavy atom. The highest BCUT2D eigenvalue weighted by Crippen LogP contribution is 2.37. The van der Waals surface area contributed by atoms with Crippen LogP contribution in [0.4, 0.5) is 10.7 Å². The monoisotopic (exact) mass is 954 g/mol. The van der Waals surface area contributed by atoms with Crippen LogP contribution < -0.4 is 21.6 Å². The van der Waals surface area contributed by atoms with Gasteiger partial charge in [-0.1, -0.05) is 56.9 Å². The molecular weight excluding hydrogens is 889 g/mol. The van der Waals surface area contributed by atoms with Crippen molar-refractivity contribution >= 4 is 55.9 Å². The van der Waals surface area contributed by atoms with Gasteiger partial charge in [0.25, 0.3) is 0 Å². The zero-order valence-electron chi connectivity index (χ0n) is 39.4. The third-order valence-electron chi connectivity index (χ3n) is 13.4. The van der Waals surface area contributed by atoms with E-state index in [1.807, 2.05) is 36.5 Å². The number of piperidine rings is 1. The normalized spacial score (nSPS) is 17.6. The summed E-state index contributed by atoms with van der Waals surface area (Å²) >= 11 is 0. The van der Waals surface area contributed by atoms with Crippen molar-refractivity contribution in [2.24, 2.45) is 7.05 Å². The summed E-state index contributed by atoms with van der Waals surface area (Å²) in [6.07, 6.45) is 15.3. The molecule has 8 rings (SSSR count). The maximum Gasteiger partial charge on any atom is 0.329 e. The first-order chi connectivity index (χ1) is 33.0. The molecule has 18 nitrogen and oxygen atoms in total. The minimum atomic E-state index is -3.76. The molecule has 3 fully saturated rings. The number of imide groups is 1. The number of para-hydroxylation sites is 1. The van der Waals surface area contributed by atoms with Gasteiger partial charge >= 0.3 is 11.7 Å². The van der Waals surface area contributed by atoms with E-state index in [9.17, 15) is 27.6 Å². The first-order valence-electron chi connectivity index (χ1n) is 24.5. The highest BCUT2D eigenvalue weighted by atomic mass is 32.2. The van der Waals surface area contributed by atoms with Crippen LogP contribution in [0, 0.1) is 0 Å². The van der Waals surface area contributed by atoms with Crippen molar-refractivity contribution < 1.29 is 32.3 Å². The van der Waals surface area contributed by atoms with Gasteiger partial charge in [0.15, 0.2) is 0 Å². The number of unbranched alkanes of at least 4 members (excludes halogenated alkanes) is 1. The van der Waals surface area contributed by atoms with E-state index in [0.717, 1.165) is 78.3 Å². The molecule has 4 amide bonds. The van der Waals surface area contributed by atoms with Crippen LogP contribution in [0.2, 0.25) is 0 Å². The lowest BCUT2D eigenvalue weighted by atomic mass is 9.95. The molecule has 366 valence electrons. The number of hydrogen-bond acceptors (Lipinski definition) is 11. The predicted molar refractivity (Wildman–Crippen MR) is 260 cm³/mol. The summed E-state index contributed by atoms with van der Waals surface area (Å²) in [7, 11) is -2.06. The first kappa shape index (κ1) is 48.8. The van der Waals surface area contributed by atoms with Gasteiger partial charge in [-0.15, -0.1) is 0 Å². The highest BCUT2D eigenvalue weighted by molar-refractivity contribution is 7.89. The molecule has 1 saturated carbocycles. The lowest BCUT2D eigenvalue weighted by Gasteiger charge is -2.34. The van der Waals surface area contributed by atoms with Crippen LogP contribution >= 0.6 is 0 Å². The van der Waals surface area contributed by atoms with Crippen LogP contribution in [-0.2, 0) is 42.6 Å². The van der Waals surface area contributed by atoms with Crippen molar-refractivity contribution in [1.82, 2.24) is 43.5 Å². The van der Waals surface area contributed by atoms with Crippen molar-refractivity contribution in [2.75, 3.05) is 71.0 Å². The summed E-state index contributed by atoms with van der Waals surface area (Å²) in [4.78, 5) is 61.8. The van der Waals surface area contributed by atoms with Gasteiger partial charge in [-0.05, 0) is 80.7 Å². The first-order valence-corrected chi connectivity index (χ1v) is 25.9. The van der Waals surface area contributed by atoms with Crippen LogP contribution in [0.15, 0.2) is 64.5 Å². The van der Waals surface area contributed by atoms with E-state index in [1.54, 1.807) is 28.6 Å². The molecule has 2 aliphatic heterocycles. The number of anilines is 1. The van der Waals surface area contributed by atoms with E-state index in [-0.39, 0.29) is 42.0 Å². The minimum Gasteiger partial charge on any atom is -0.381 e. The van der Waals surface area contributed by atoms with Crippen molar-refractivity contribution in [1.29, 1.82) is 0 Å². The van der Waals surface area contributed by atoms with E-state index in [1.165, 1.54) is 28.1 Å². The lowest BCUT2D eigenvalue weighted by Crippen LogP contribution is -2.53. The van der Waals surface area contributed by atoms with E-state index >= 15 is 0 Å². The molecule has 3 aromatic heterocycles. The summed E-state index contributed by atoms with van der Waals surface area (Å²) in [6, 6.07) is 12.2. The molecule has 0 radical (unpaired) electrons. The minimum absolute atomic E-state index is 0.195. The summed E-state index contributed by atoms with van der Waals surface area (Å²) in [6.45, 7) is 6.53. The molecule has 3 N–H and O–H groups in total. The Hall–Kier alpha value is -5.63. The Balaban J connectivity index is 0.719. The van der Waals surface area contributed by atoms with Crippen LogP contribution in [0.3, 0.4) is 0 Å². The number of piperazine rings is 1. The van der Waals surface area contributed by atoms with E-state index < -0.39 is 22.0 Å². The molecule has 2 saturated heterocycles. The maximum atomic E-state index is 13.8. The Morgan fingerprint density at radius 3 is 2.34 bits per heavy atom. The number of sulfonamides is 1. The molecule has 1 aliphatic carbocycles.